The summed E-state index contributed by atoms with van der Waals surface area (Å²) in [6, 6.07) is -2.69. The van der Waals surface area contributed by atoms with Crippen molar-refractivity contribution < 1.29 is 18.3 Å². The van der Waals surface area contributed by atoms with Gasteiger partial charge in [-0.2, -0.15) is 13.2 Å². The van der Waals surface area contributed by atoms with Gasteiger partial charge in [0.15, 0.2) is 0 Å². The van der Waals surface area contributed by atoms with Crippen molar-refractivity contribution in [2.45, 2.75) is 69.8 Å². The molecule has 19 heavy (non-hydrogen) atoms. The maximum atomic E-state index is 13.3. The van der Waals surface area contributed by atoms with Gasteiger partial charge in [0.2, 0.25) is 0 Å². The Morgan fingerprint density at radius 2 is 1.84 bits per heavy atom. The Bertz CT molecular complexity index is 255. The van der Waals surface area contributed by atoms with Crippen LogP contribution in [0, 0.1) is 0 Å². The number of halogens is 3. The summed E-state index contributed by atoms with van der Waals surface area (Å²) in [5.74, 6) is 0. The van der Waals surface area contributed by atoms with Crippen molar-refractivity contribution >= 4 is 0 Å². The lowest BCUT2D eigenvalue weighted by molar-refractivity contribution is -0.198. The van der Waals surface area contributed by atoms with Crippen molar-refractivity contribution in [3.05, 3.63) is 0 Å². The average molecular weight is 282 g/mol. The second-order valence-electron chi connectivity index (χ2n) is 5.31. The van der Waals surface area contributed by atoms with Gasteiger partial charge in [0.05, 0.1) is 6.61 Å². The van der Waals surface area contributed by atoms with Crippen molar-refractivity contribution in [3.8, 4) is 0 Å². The third-order valence-electron chi connectivity index (χ3n) is 3.97. The van der Waals surface area contributed by atoms with Gasteiger partial charge in [-0.05, 0) is 19.3 Å². The molecule has 0 aliphatic heterocycles. The molecule has 0 spiro atoms. The molecule has 3 N–H and O–H groups in total. The molecule has 0 heterocycles. The summed E-state index contributed by atoms with van der Waals surface area (Å²) in [6.07, 6.45) is 0.462. The van der Waals surface area contributed by atoms with Crippen LogP contribution in [0.5, 0.6) is 0 Å². The zero-order valence-electron chi connectivity index (χ0n) is 11.5. The van der Waals surface area contributed by atoms with Crippen LogP contribution in [-0.4, -0.2) is 47.5 Å². The monoisotopic (exact) mass is 282 g/mol. The number of aliphatic hydroxyl groups excluding tert-OH is 1. The van der Waals surface area contributed by atoms with E-state index in [4.69, 9.17) is 10.8 Å². The number of hydrogen-bond donors (Lipinski definition) is 2. The fourth-order valence-corrected chi connectivity index (χ4v) is 2.98. The van der Waals surface area contributed by atoms with Crippen LogP contribution in [-0.2, 0) is 0 Å². The van der Waals surface area contributed by atoms with E-state index in [0.717, 1.165) is 32.1 Å². The van der Waals surface area contributed by atoms with Gasteiger partial charge in [0.1, 0.15) is 6.04 Å². The lowest BCUT2D eigenvalue weighted by atomic mass is 9.91. The molecule has 0 aromatic rings. The zero-order chi connectivity index (χ0) is 14.5. The summed E-state index contributed by atoms with van der Waals surface area (Å²) in [5, 5.41) is 9.09. The predicted octanol–water partition coefficient (Wildman–Crippen LogP) is 2.28. The van der Waals surface area contributed by atoms with Gasteiger partial charge < -0.3 is 10.8 Å². The van der Waals surface area contributed by atoms with Gasteiger partial charge in [0, 0.05) is 18.6 Å². The molecule has 0 bridgehead atoms. The topological polar surface area (TPSA) is 49.5 Å². The second kappa shape index (κ2) is 7.45. The number of hydrogen-bond acceptors (Lipinski definition) is 3. The standard InChI is InChI=1S/C13H25F3N2O/c1-2-11(17)12(13(14,15)16)18(8-9-19)10-6-4-3-5-7-10/h10-12,19H,2-9,17H2,1H3. The second-order valence-corrected chi connectivity index (χ2v) is 5.31. The van der Waals surface area contributed by atoms with E-state index in [1.54, 1.807) is 6.92 Å². The molecular formula is C13H25F3N2O. The molecule has 0 radical (unpaired) electrons. The van der Waals surface area contributed by atoms with E-state index in [2.05, 4.69) is 0 Å². The lowest BCUT2D eigenvalue weighted by Gasteiger charge is -2.42. The Morgan fingerprint density at radius 3 is 2.26 bits per heavy atom. The van der Waals surface area contributed by atoms with E-state index >= 15 is 0 Å². The molecule has 1 aliphatic rings. The number of nitrogens with two attached hydrogens (primary N) is 1. The maximum Gasteiger partial charge on any atom is 0.405 e. The fourth-order valence-electron chi connectivity index (χ4n) is 2.98. The first-order valence-electron chi connectivity index (χ1n) is 7.10. The van der Waals surface area contributed by atoms with Gasteiger partial charge in [0.25, 0.3) is 0 Å². The van der Waals surface area contributed by atoms with Crippen LogP contribution in [0.3, 0.4) is 0 Å². The van der Waals surface area contributed by atoms with Crippen LogP contribution in [0.25, 0.3) is 0 Å². The molecule has 1 aliphatic carbocycles. The summed E-state index contributed by atoms with van der Waals surface area (Å²) in [5.41, 5.74) is 5.70. The molecule has 114 valence electrons. The van der Waals surface area contributed by atoms with Crippen LogP contribution >= 0.6 is 0 Å². The van der Waals surface area contributed by atoms with Crippen LogP contribution in [0.2, 0.25) is 0 Å². The van der Waals surface area contributed by atoms with E-state index in [0.29, 0.717) is 0 Å². The minimum Gasteiger partial charge on any atom is -0.395 e. The van der Waals surface area contributed by atoms with Crippen LogP contribution < -0.4 is 5.73 Å². The quantitative estimate of drug-likeness (QED) is 0.786. The third-order valence-corrected chi connectivity index (χ3v) is 3.97. The molecule has 3 nitrogen and oxygen atoms in total. The summed E-state index contributed by atoms with van der Waals surface area (Å²) in [7, 11) is 0. The van der Waals surface area contributed by atoms with Crippen LogP contribution in [0.1, 0.15) is 45.4 Å². The SMILES string of the molecule is CCC(N)C(N(CCO)C1CCCCC1)C(F)(F)F. The normalized spacial score (nSPS) is 21.6. The largest absolute Gasteiger partial charge is 0.405 e. The highest BCUT2D eigenvalue weighted by Gasteiger charge is 2.48. The summed E-state index contributed by atoms with van der Waals surface area (Å²) in [4.78, 5) is 1.40. The van der Waals surface area contributed by atoms with E-state index in [1.165, 1.54) is 4.90 Å². The van der Waals surface area contributed by atoms with E-state index < -0.39 is 18.3 Å². The molecule has 0 amide bonds. The fraction of sp³-hybridized carbons (Fsp3) is 1.00. The van der Waals surface area contributed by atoms with E-state index in [-0.39, 0.29) is 25.6 Å². The predicted molar refractivity (Wildman–Crippen MR) is 68.8 cm³/mol. The summed E-state index contributed by atoms with van der Waals surface area (Å²) in [6.45, 7) is 1.45. The molecule has 1 fully saturated rings. The van der Waals surface area contributed by atoms with Crippen molar-refractivity contribution in [1.82, 2.24) is 4.90 Å². The smallest absolute Gasteiger partial charge is 0.395 e. The minimum atomic E-state index is -4.35. The highest BCUT2D eigenvalue weighted by Crippen LogP contribution is 2.33. The molecule has 0 aromatic carbocycles. The number of aliphatic hydroxyl groups is 1. The van der Waals surface area contributed by atoms with Crippen LogP contribution in [0.15, 0.2) is 0 Å². The van der Waals surface area contributed by atoms with E-state index in [9.17, 15) is 13.2 Å². The minimum absolute atomic E-state index is 0.0442. The number of alkyl halides is 3. The Hall–Kier alpha value is -0.330. The molecule has 0 aromatic heterocycles. The molecule has 6 heteroatoms. The highest BCUT2D eigenvalue weighted by molar-refractivity contribution is 4.91. The van der Waals surface area contributed by atoms with Crippen molar-refractivity contribution in [3.63, 3.8) is 0 Å². The summed E-state index contributed by atoms with van der Waals surface area (Å²) < 4.78 is 39.8. The molecule has 1 rings (SSSR count). The van der Waals surface area contributed by atoms with E-state index in [1.807, 2.05) is 0 Å². The first-order valence-corrected chi connectivity index (χ1v) is 7.10. The highest BCUT2D eigenvalue weighted by atomic mass is 19.4. The Kier molecular flexibility index (Phi) is 6.56. The van der Waals surface area contributed by atoms with Crippen molar-refractivity contribution in [1.29, 1.82) is 0 Å². The van der Waals surface area contributed by atoms with Gasteiger partial charge in [-0.15, -0.1) is 0 Å². The van der Waals surface area contributed by atoms with Gasteiger partial charge in [-0.1, -0.05) is 26.2 Å². The Balaban J connectivity index is 2.90. The van der Waals surface area contributed by atoms with Gasteiger partial charge in [-0.3, -0.25) is 4.90 Å². The summed E-state index contributed by atoms with van der Waals surface area (Å²) >= 11 is 0. The first kappa shape index (κ1) is 16.7. The number of nitrogens with zero attached hydrogens (tertiary/aromatic N) is 1. The number of rotatable bonds is 6. The zero-order valence-corrected chi connectivity index (χ0v) is 11.5. The van der Waals surface area contributed by atoms with Crippen LogP contribution in [0.4, 0.5) is 13.2 Å². The molecular weight excluding hydrogens is 257 g/mol. The molecule has 2 unspecified atom stereocenters. The van der Waals surface area contributed by atoms with Crippen molar-refractivity contribution in [2.75, 3.05) is 13.2 Å². The lowest BCUT2D eigenvalue weighted by Crippen LogP contribution is -2.59. The molecule has 2 atom stereocenters. The first-order chi connectivity index (χ1) is 8.91. The molecule has 1 saturated carbocycles. The van der Waals surface area contributed by atoms with Gasteiger partial charge in [-0.25, -0.2) is 0 Å². The Morgan fingerprint density at radius 1 is 1.26 bits per heavy atom. The third kappa shape index (κ3) is 4.61. The van der Waals surface area contributed by atoms with Crippen molar-refractivity contribution in [2.24, 2.45) is 5.73 Å². The van der Waals surface area contributed by atoms with Gasteiger partial charge >= 0.3 is 6.18 Å². The Labute approximate surface area is 113 Å². The maximum absolute atomic E-state index is 13.3. The average Bonchev–Trinajstić information content (AvgIpc) is 2.37. The molecule has 0 saturated heterocycles.